The first-order valence-electron chi connectivity index (χ1n) is 7.72. The lowest BCUT2D eigenvalue weighted by Crippen LogP contribution is -2.34. The van der Waals surface area contributed by atoms with Gasteiger partial charge in [-0.3, -0.25) is 9.67 Å². The summed E-state index contributed by atoms with van der Waals surface area (Å²) < 4.78 is 1.77. The molecule has 2 heterocycles. The van der Waals surface area contributed by atoms with E-state index in [1.165, 1.54) is 0 Å². The number of nitrogens with one attached hydrogen (secondary N) is 2. The van der Waals surface area contributed by atoms with E-state index >= 15 is 0 Å². The van der Waals surface area contributed by atoms with Crippen molar-refractivity contribution in [2.24, 2.45) is 7.05 Å². The average molecular weight is 321 g/mol. The number of hydrogen-bond acceptors (Lipinski definition) is 3. The number of benzene rings is 1. The second-order valence-corrected chi connectivity index (χ2v) is 5.38. The minimum Gasteiger partial charge on any atom is -0.334 e. The van der Waals surface area contributed by atoms with Gasteiger partial charge in [-0.15, -0.1) is 0 Å². The van der Waals surface area contributed by atoms with Crippen LogP contribution in [0, 0.1) is 0 Å². The highest BCUT2D eigenvalue weighted by molar-refractivity contribution is 5.73. The quantitative estimate of drug-likeness (QED) is 0.758. The van der Waals surface area contributed by atoms with E-state index in [1.54, 1.807) is 10.9 Å². The number of urea groups is 1. The smallest absolute Gasteiger partial charge is 0.315 e. The summed E-state index contributed by atoms with van der Waals surface area (Å²) in [5.74, 6) is 0. The molecule has 0 saturated heterocycles. The fourth-order valence-electron chi connectivity index (χ4n) is 2.38. The molecule has 2 amide bonds. The zero-order valence-corrected chi connectivity index (χ0v) is 13.4. The number of carbonyl (C=O) groups excluding carboxylic acids is 1. The monoisotopic (exact) mass is 321 g/mol. The molecule has 3 aromatic rings. The van der Waals surface area contributed by atoms with Gasteiger partial charge in [0, 0.05) is 19.8 Å². The molecule has 6 nitrogen and oxygen atoms in total. The summed E-state index contributed by atoms with van der Waals surface area (Å²) in [6.45, 7) is 0.857. The van der Waals surface area contributed by atoms with Gasteiger partial charge in [0.2, 0.25) is 0 Å². The van der Waals surface area contributed by atoms with Crippen LogP contribution < -0.4 is 10.6 Å². The first-order valence-corrected chi connectivity index (χ1v) is 7.72. The molecule has 1 aromatic carbocycles. The molecule has 2 N–H and O–H groups in total. The van der Waals surface area contributed by atoms with E-state index in [4.69, 9.17) is 0 Å². The Morgan fingerprint density at radius 3 is 2.54 bits per heavy atom. The summed E-state index contributed by atoms with van der Waals surface area (Å²) >= 11 is 0. The highest BCUT2D eigenvalue weighted by Crippen LogP contribution is 2.16. The summed E-state index contributed by atoms with van der Waals surface area (Å²) in [5.41, 5.74) is 3.61. The lowest BCUT2D eigenvalue weighted by Gasteiger charge is -2.06. The summed E-state index contributed by atoms with van der Waals surface area (Å²) in [5, 5.41) is 10.1. The number of nitrogens with zero attached hydrogens (tertiary/aromatic N) is 3. The molecule has 2 aromatic heterocycles. The molecule has 0 aliphatic carbocycles. The van der Waals surface area contributed by atoms with Crippen molar-refractivity contribution in [2.45, 2.75) is 13.1 Å². The Labute approximate surface area is 140 Å². The number of amides is 2. The van der Waals surface area contributed by atoms with E-state index in [2.05, 4.69) is 20.7 Å². The fourth-order valence-corrected chi connectivity index (χ4v) is 2.38. The van der Waals surface area contributed by atoms with Crippen molar-refractivity contribution in [3.63, 3.8) is 0 Å². The van der Waals surface area contributed by atoms with Crippen LogP contribution in [0.15, 0.2) is 60.8 Å². The van der Waals surface area contributed by atoms with E-state index in [9.17, 15) is 4.79 Å². The van der Waals surface area contributed by atoms with Crippen LogP contribution in [-0.2, 0) is 20.1 Å². The Balaban J connectivity index is 1.54. The number of pyridine rings is 1. The van der Waals surface area contributed by atoms with Crippen molar-refractivity contribution in [3.05, 3.63) is 72.1 Å². The molecule has 3 rings (SSSR count). The molecule has 0 aliphatic heterocycles. The Kier molecular flexibility index (Phi) is 4.86. The maximum absolute atomic E-state index is 11.9. The number of aromatic nitrogens is 3. The molecule has 122 valence electrons. The minimum absolute atomic E-state index is 0.219. The lowest BCUT2D eigenvalue weighted by atomic mass is 10.2. The minimum atomic E-state index is -0.219. The first-order chi connectivity index (χ1) is 11.7. The first kappa shape index (κ1) is 15.7. The van der Waals surface area contributed by atoms with E-state index in [1.807, 2.05) is 61.6 Å². The van der Waals surface area contributed by atoms with Crippen LogP contribution in [0.1, 0.15) is 11.3 Å². The third-order valence-corrected chi connectivity index (χ3v) is 3.58. The van der Waals surface area contributed by atoms with E-state index in [0.717, 1.165) is 22.6 Å². The molecule has 0 radical (unpaired) electrons. The van der Waals surface area contributed by atoms with Gasteiger partial charge in [-0.2, -0.15) is 5.10 Å². The number of carbonyl (C=O) groups is 1. The van der Waals surface area contributed by atoms with Gasteiger partial charge in [0.05, 0.1) is 23.6 Å². The average Bonchev–Trinajstić information content (AvgIpc) is 3.00. The zero-order valence-electron chi connectivity index (χ0n) is 13.4. The SMILES string of the molecule is Cn1nc(CNC(=O)NCc2ccccc2)cc1-c1ccccn1. The van der Waals surface area contributed by atoms with E-state index < -0.39 is 0 Å². The number of hydrogen-bond donors (Lipinski definition) is 2. The second kappa shape index (κ2) is 7.41. The normalized spacial score (nSPS) is 10.4. The summed E-state index contributed by atoms with van der Waals surface area (Å²) in [6.07, 6.45) is 1.75. The molecule has 0 atom stereocenters. The third-order valence-electron chi connectivity index (χ3n) is 3.58. The van der Waals surface area contributed by atoms with Crippen molar-refractivity contribution in [3.8, 4) is 11.4 Å². The highest BCUT2D eigenvalue weighted by Gasteiger charge is 2.09. The van der Waals surface area contributed by atoms with Crippen molar-refractivity contribution >= 4 is 6.03 Å². The van der Waals surface area contributed by atoms with Crippen LogP contribution in [0.3, 0.4) is 0 Å². The van der Waals surface area contributed by atoms with Gasteiger partial charge in [0.1, 0.15) is 0 Å². The van der Waals surface area contributed by atoms with Gasteiger partial charge in [-0.1, -0.05) is 36.4 Å². The van der Waals surface area contributed by atoms with Gasteiger partial charge in [-0.05, 0) is 23.8 Å². The molecule has 24 heavy (non-hydrogen) atoms. The predicted octanol–water partition coefficient (Wildman–Crippen LogP) is 2.48. The van der Waals surface area contributed by atoms with Crippen molar-refractivity contribution in [1.82, 2.24) is 25.4 Å². The topological polar surface area (TPSA) is 71.8 Å². The van der Waals surface area contributed by atoms with Gasteiger partial charge < -0.3 is 10.6 Å². The van der Waals surface area contributed by atoms with Gasteiger partial charge in [0.15, 0.2) is 0 Å². The molecule has 0 aliphatic rings. The van der Waals surface area contributed by atoms with E-state index in [0.29, 0.717) is 13.1 Å². The van der Waals surface area contributed by atoms with E-state index in [-0.39, 0.29) is 6.03 Å². The van der Waals surface area contributed by atoms with Gasteiger partial charge >= 0.3 is 6.03 Å². The van der Waals surface area contributed by atoms with Crippen molar-refractivity contribution < 1.29 is 4.79 Å². The maximum Gasteiger partial charge on any atom is 0.315 e. The molecular formula is C18H19N5O. The largest absolute Gasteiger partial charge is 0.334 e. The van der Waals surface area contributed by atoms with Crippen molar-refractivity contribution in [2.75, 3.05) is 0 Å². The second-order valence-electron chi connectivity index (χ2n) is 5.38. The summed E-state index contributed by atoms with van der Waals surface area (Å²) in [4.78, 5) is 16.2. The van der Waals surface area contributed by atoms with Crippen molar-refractivity contribution in [1.29, 1.82) is 0 Å². The molecule has 0 saturated carbocycles. The zero-order chi connectivity index (χ0) is 16.8. The van der Waals surface area contributed by atoms with Crippen LogP contribution in [0.5, 0.6) is 0 Å². The van der Waals surface area contributed by atoms with Gasteiger partial charge in [0.25, 0.3) is 0 Å². The third kappa shape index (κ3) is 3.98. The molecule has 0 spiro atoms. The van der Waals surface area contributed by atoms with Crippen LogP contribution in [0.25, 0.3) is 11.4 Å². The lowest BCUT2D eigenvalue weighted by molar-refractivity contribution is 0.240. The Hall–Kier alpha value is -3.15. The molecule has 6 heteroatoms. The molecule has 0 bridgehead atoms. The maximum atomic E-state index is 11.9. The van der Waals surface area contributed by atoms with Crippen LogP contribution >= 0.6 is 0 Å². The number of aryl methyl sites for hydroxylation is 1. The highest BCUT2D eigenvalue weighted by atomic mass is 16.2. The Bertz CT molecular complexity index is 799. The van der Waals surface area contributed by atoms with Crippen LogP contribution in [0.2, 0.25) is 0 Å². The number of rotatable bonds is 5. The Morgan fingerprint density at radius 2 is 1.79 bits per heavy atom. The molecule has 0 unspecified atom stereocenters. The summed E-state index contributed by atoms with van der Waals surface area (Å²) in [7, 11) is 1.86. The molecule has 0 fully saturated rings. The Morgan fingerprint density at radius 1 is 1.04 bits per heavy atom. The summed E-state index contributed by atoms with van der Waals surface area (Å²) in [6, 6.07) is 17.2. The standard InChI is InChI=1S/C18H19N5O/c1-23-17(16-9-5-6-10-19-16)11-15(22-23)13-21-18(24)20-12-14-7-3-2-4-8-14/h2-11H,12-13H2,1H3,(H2,20,21,24). The van der Waals surface area contributed by atoms with Crippen LogP contribution in [0.4, 0.5) is 4.79 Å². The molecular weight excluding hydrogens is 302 g/mol. The predicted molar refractivity (Wildman–Crippen MR) is 92.0 cm³/mol. The van der Waals surface area contributed by atoms with Crippen LogP contribution in [-0.4, -0.2) is 20.8 Å². The fraction of sp³-hybridized carbons (Fsp3) is 0.167. The van der Waals surface area contributed by atoms with Gasteiger partial charge in [-0.25, -0.2) is 4.79 Å².